The number of carbonyl (C=O) groups is 3. The van der Waals surface area contributed by atoms with Gasteiger partial charge in [0, 0.05) is 17.5 Å². The predicted octanol–water partition coefficient (Wildman–Crippen LogP) is 2.49. The number of hydrogen-bond acceptors (Lipinski definition) is 7. The number of amides is 3. The van der Waals surface area contributed by atoms with E-state index < -0.39 is 17.7 Å². The number of furan rings is 2. The van der Waals surface area contributed by atoms with E-state index in [2.05, 4.69) is 21.4 Å². The summed E-state index contributed by atoms with van der Waals surface area (Å²) < 4.78 is 16.2. The minimum atomic E-state index is -0.610. The average Bonchev–Trinajstić information content (AvgIpc) is 3.49. The number of para-hydroxylation sites is 1. The fourth-order valence-electron chi connectivity index (χ4n) is 3.46. The Bertz CT molecular complexity index is 1180. The second-order valence-electron chi connectivity index (χ2n) is 7.29. The summed E-state index contributed by atoms with van der Waals surface area (Å²) in [6, 6.07) is 12.0. The molecule has 3 aromatic rings. The molecular formula is C23H22N4O6. The van der Waals surface area contributed by atoms with Gasteiger partial charge in [0.25, 0.3) is 5.91 Å². The van der Waals surface area contributed by atoms with Crippen molar-refractivity contribution in [2.75, 3.05) is 6.61 Å². The molecule has 10 heteroatoms. The molecular weight excluding hydrogens is 428 g/mol. The van der Waals surface area contributed by atoms with Crippen molar-refractivity contribution < 1.29 is 28.0 Å². The van der Waals surface area contributed by atoms with Gasteiger partial charge in [0.2, 0.25) is 0 Å². The van der Waals surface area contributed by atoms with Gasteiger partial charge < -0.3 is 13.6 Å². The highest BCUT2D eigenvalue weighted by molar-refractivity contribution is 6.07. The van der Waals surface area contributed by atoms with Crippen molar-refractivity contribution in [3.63, 3.8) is 0 Å². The summed E-state index contributed by atoms with van der Waals surface area (Å²) in [4.78, 5) is 36.7. The minimum absolute atomic E-state index is 0.0622. The van der Waals surface area contributed by atoms with E-state index in [1.54, 1.807) is 25.1 Å². The molecule has 10 nitrogen and oxygen atoms in total. The molecule has 2 aromatic heterocycles. The molecule has 0 saturated heterocycles. The van der Waals surface area contributed by atoms with Gasteiger partial charge in [-0.3, -0.25) is 25.2 Å². The highest BCUT2D eigenvalue weighted by Gasteiger charge is 2.28. The fraction of sp³-hybridized carbons (Fsp3) is 0.217. The van der Waals surface area contributed by atoms with Gasteiger partial charge >= 0.3 is 11.8 Å². The first kappa shape index (κ1) is 21.9. The zero-order valence-corrected chi connectivity index (χ0v) is 17.8. The second kappa shape index (κ2) is 9.86. The van der Waals surface area contributed by atoms with Crippen molar-refractivity contribution in [2.24, 2.45) is 5.10 Å². The molecule has 0 saturated carbocycles. The van der Waals surface area contributed by atoms with Crippen LogP contribution in [0.5, 0.6) is 5.75 Å². The standard InChI is InChI=1S/C23H22N4O6/c1-14-20-16(24-25-19(28)13-32-15-7-3-2-4-8-15)9-5-10-17(20)33-21(14)23(30)27-26-22(29)18-11-6-12-31-18/h2-4,6-8,11-12H,5,9-10,13H2,1H3,(H,25,28)(H,26,29)(H,27,30)/b24-16+. The highest BCUT2D eigenvalue weighted by atomic mass is 16.5. The van der Waals surface area contributed by atoms with Gasteiger partial charge in [-0.2, -0.15) is 5.10 Å². The zero-order valence-electron chi connectivity index (χ0n) is 17.8. The van der Waals surface area contributed by atoms with Crippen LogP contribution < -0.4 is 21.0 Å². The third kappa shape index (κ3) is 5.12. The van der Waals surface area contributed by atoms with Crippen molar-refractivity contribution in [1.82, 2.24) is 16.3 Å². The molecule has 0 unspecified atom stereocenters. The van der Waals surface area contributed by atoms with Crippen LogP contribution in [0.15, 0.2) is 62.7 Å². The maximum atomic E-state index is 12.6. The number of fused-ring (bicyclic) bond motifs is 1. The van der Waals surface area contributed by atoms with E-state index in [-0.39, 0.29) is 18.1 Å². The van der Waals surface area contributed by atoms with Gasteiger partial charge in [0.1, 0.15) is 11.5 Å². The lowest BCUT2D eigenvalue weighted by Gasteiger charge is -2.13. The van der Waals surface area contributed by atoms with E-state index in [9.17, 15) is 14.4 Å². The van der Waals surface area contributed by atoms with Gasteiger partial charge in [-0.05, 0) is 44.0 Å². The Balaban J connectivity index is 1.40. The quantitative estimate of drug-likeness (QED) is 0.494. The number of aryl methyl sites for hydroxylation is 1. The first-order chi connectivity index (χ1) is 16.0. The van der Waals surface area contributed by atoms with Gasteiger partial charge in [0.05, 0.1) is 12.0 Å². The molecule has 1 aromatic carbocycles. The predicted molar refractivity (Wildman–Crippen MR) is 117 cm³/mol. The van der Waals surface area contributed by atoms with Gasteiger partial charge in [-0.15, -0.1) is 0 Å². The summed E-state index contributed by atoms with van der Waals surface area (Å²) in [5.74, 6) is -0.291. The van der Waals surface area contributed by atoms with E-state index >= 15 is 0 Å². The highest BCUT2D eigenvalue weighted by Crippen LogP contribution is 2.29. The van der Waals surface area contributed by atoms with Crippen LogP contribution in [0, 0.1) is 6.92 Å². The zero-order chi connectivity index (χ0) is 23.2. The Morgan fingerprint density at radius 1 is 1.03 bits per heavy atom. The normalized spacial score (nSPS) is 13.8. The van der Waals surface area contributed by atoms with Crippen LogP contribution in [0.1, 0.15) is 50.8 Å². The molecule has 4 rings (SSSR count). The Morgan fingerprint density at radius 2 is 1.82 bits per heavy atom. The molecule has 3 amide bonds. The summed E-state index contributed by atoms with van der Waals surface area (Å²) >= 11 is 0. The van der Waals surface area contributed by atoms with Crippen molar-refractivity contribution in [1.29, 1.82) is 0 Å². The topological polar surface area (TPSA) is 135 Å². The lowest BCUT2D eigenvalue weighted by Crippen LogP contribution is -2.41. The number of rotatable bonds is 6. The molecule has 170 valence electrons. The average molecular weight is 450 g/mol. The molecule has 1 aliphatic rings. The molecule has 33 heavy (non-hydrogen) atoms. The molecule has 1 aliphatic carbocycles. The van der Waals surface area contributed by atoms with E-state index in [4.69, 9.17) is 13.6 Å². The van der Waals surface area contributed by atoms with Gasteiger partial charge in [-0.1, -0.05) is 18.2 Å². The van der Waals surface area contributed by atoms with Crippen LogP contribution in [-0.2, 0) is 11.2 Å². The summed E-state index contributed by atoms with van der Waals surface area (Å²) in [5.41, 5.74) is 8.97. The second-order valence-corrected chi connectivity index (χ2v) is 7.29. The SMILES string of the molecule is Cc1c(C(=O)NNC(=O)c2ccco2)oc2c1/C(=N/NC(=O)COc1ccccc1)CCC2. The van der Waals surface area contributed by atoms with Crippen molar-refractivity contribution in [2.45, 2.75) is 26.2 Å². The Hall–Kier alpha value is -4.34. The van der Waals surface area contributed by atoms with Crippen LogP contribution in [0.25, 0.3) is 0 Å². The van der Waals surface area contributed by atoms with Crippen LogP contribution in [0.2, 0.25) is 0 Å². The van der Waals surface area contributed by atoms with E-state index in [0.717, 1.165) is 6.42 Å². The van der Waals surface area contributed by atoms with Crippen LogP contribution in [0.3, 0.4) is 0 Å². The van der Waals surface area contributed by atoms with Gasteiger partial charge in [0.15, 0.2) is 18.1 Å². The molecule has 2 heterocycles. The van der Waals surface area contributed by atoms with Crippen LogP contribution in [0.4, 0.5) is 0 Å². The van der Waals surface area contributed by atoms with Crippen LogP contribution >= 0.6 is 0 Å². The minimum Gasteiger partial charge on any atom is -0.484 e. The van der Waals surface area contributed by atoms with Crippen LogP contribution in [-0.4, -0.2) is 30.0 Å². The van der Waals surface area contributed by atoms with Crippen molar-refractivity contribution in [3.05, 3.63) is 77.1 Å². The smallest absolute Gasteiger partial charge is 0.305 e. The Morgan fingerprint density at radius 3 is 2.58 bits per heavy atom. The molecule has 0 bridgehead atoms. The number of ether oxygens (including phenoxy) is 1. The Labute approximate surface area is 188 Å². The summed E-state index contributed by atoms with van der Waals surface area (Å²) in [5, 5.41) is 4.24. The first-order valence-corrected chi connectivity index (χ1v) is 10.3. The number of benzene rings is 1. The summed E-state index contributed by atoms with van der Waals surface area (Å²) in [7, 11) is 0. The number of hydrazone groups is 1. The van der Waals surface area contributed by atoms with Crippen molar-refractivity contribution in [3.8, 4) is 5.75 Å². The largest absolute Gasteiger partial charge is 0.484 e. The molecule has 3 N–H and O–H groups in total. The first-order valence-electron chi connectivity index (χ1n) is 10.3. The molecule has 0 radical (unpaired) electrons. The van der Waals surface area contributed by atoms with Gasteiger partial charge in [-0.25, -0.2) is 5.43 Å². The number of nitrogens with one attached hydrogen (secondary N) is 3. The number of hydrazine groups is 1. The maximum Gasteiger partial charge on any atom is 0.305 e. The summed E-state index contributed by atoms with van der Waals surface area (Å²) in [6.07, 6.45) is 3.36. The lowest BCUT2D eigenvalue weighted by molar-refractivity contribution is -0.123. The fourth-order valence-corrected chi connectivity index (χ4v) is 3.46. The number of nitrogens with zero attached hydrogens (tertiary/aromatic N) is 1. The molecule has 0 fully saturated rings. The monoisotopic (exact) mass is 450 g/mol. The third-order valence-corrected chi connectivity index (χ3v) is 5.00. The maximum absolute atomic E-state index is 12.6. The lowest BCUT2D eigenvalue weighted by atomic mass is 9.93. The van der Waals surface area contributed by atoms with Crippen molar-refractivity contribution >= 4 is 23.4 Å². The van der Waals surface area contributed by atoms with E-state index in [1.807, 2.05) is 18.2 Å². The van der Waals surface area contributed by atoms with E-state index in [1.165, 1.54) is 12.3 Å². The molecule has 0 aliphatic heterocycles. The number of hydrogen-bond donors (Lipinski definition) is 3. The summed E-state index contributed by atoms with van der Waals surface area (Å²) in [6.45, 7) is 1.55. The molecule has 0 atom stereocenters. The number of carbonyl (C=O) groups excluding carboxylic acids is 3. The Kier molecular flexibility index (Phi) is 6.53. The third-order valence-electron chi connectivity index (χ3n) is 5.00. The van der Waals surface area contributed by atoms with E-state index in [0.29, 0.717) is 41.2 Å². The molecule has 0 spiro atoms.